The second-order valence-corrected chi connectivity index (χ2v) is 3.99. The average Bonchev–Trinajstić information content (AvgIpc) is 2.79. The quantitative estimate of drug-likeness (QED) is 0.830. The zero-order valence-corrected chi connectivity index (χ0v) is 10.1. The van der Waals surface area contributed by atoms with Gasteiger partial charge in [-0.25, -0.2) is 9.07 Å². The predicted octanol–water partition coefficient (Wildman–Crippen LogP) is 2.62. The average molecular weight is 244 g/mol. The maximum Gasteiger partial charge on any atom is 0.186 e. The molecule has 0 aliphatic rings. The summed E-state index contributed by atoms with van der Waals surface area (Å²) in [5, 5.41) is 16.7. The zero-order chi connectivity index (χ0) is 13.0. The van der Waals surface area contributed by atoms with E-state index in [0.29, 0.717) is 17.8 Å². The summed E-state index contributed by atoms with van der Waals surface area (Å²) in [5.41, 5.74) is 1.65. The predicted molar refractivity (Wildman–Crippen MR) is 64.6 cm³/mol. The Bertz CT molecular complexity index is 583. The van der Waals surface area contributed by atoms with Crippen molar-refractivity contribution >= 4 is 0 Å². The van der Waals surface area contributed by atoms with Gasteiger partial charge in [-0.1, -0.05) is 24.6 Å². The van der Waals surface area contributed by atoms with Gasteiger partial charge >= 0.3 is 0 Å². The topological polar surface area (TPSA) is 54.5 Å². The van der Waals surface area contributed by atoms with Gasteiger partial charge in [-0.05, 0) is 31.0 Å². The summed E-state index contributed by atoms with van der Waals surface area (Å²) in [6.07, 6.45) is 2.67. The van der Waals surface area contributed by atoms with Crippen LogP contribution in [-0.4, -0.2) is 15.0 Å². The Labute approximate surface area is 105 Å². The van der Waals surface area contributed by atoms with E-state index in [0.717, 1.165) is 18.5 Å². The molecule has 0 radical (unpaired) electrons. The maximum absolute atomic E-state index is 13.2. The number of nitrogens with zero attached hydrogens (tertiary/aromatic N) is 4. The molecule has 0 aliphatic carbocycles. The summed E-state index contributed by atoms with van der Waals surface area (Å²) in [6, 6.07) is 8.13. The first kappa shape index (κ1) is 12.2. The minimum Gasteiger partial charge on any atom is -0.216 e. The van der Waals surface area contributed by atoms with E-state index in [1.807, 2.05) is 6.07 Å². The molecule has 0 aliphatic heterocycles. The van der Waals surface area contributed by atoms with Crippen molar-refractivity contribution in [3.05, 3.63) is 41.5 Å². The Kier molecular flexibility index (Phi) is 3.68. The number of aromatic nitrogens is 3. The second-order valence-electron chi connectivity index (χ2n) is 3.99. The van der Waals surface area contributed by atoms with Crippen molar-refractivity contribution in [3.63, 3.8) is 0 Å². The summed E-state index contributed by atoms with van der Waals surface area (Å²) >= 11 is 0. The molecule has 0 saturated heterocycles. The first-order chi connectivity index (χ1) is 8.76. The van der Waals surface area contributed by atoms with Crippen LogP contribution in [0.5, 0.6) is 0 Å². The smallest absolute Gasteiger partial charge is 0.186 e. The van der Waals surface area contributed by atoms with Crippen LogP contribution in [0.4, 0.5) is 4.39 Å². The Hall–Kier alpha value is -2.22. The number of unbranched alkanes of at least 4 members (excludes halogenated alkanes) is 1. The van der Waals surface area contributed by atoms with E-state index >= 15 is 0 Å². The minimum absolute atomic E-state index is 0.313. The van der Waals surface area contributed by atoms with Crippen LogP contribution in [0.15, 0.2) is 24.3 Å². The molecule has 1 heterocycles. The van der Waals surface area contributed by atoms with E-state index < -0.39 is 0 Å². The highest BCUT2D eigenvalue weighted by atomic mass is 19.1. The standard InChI is InChI=1S/C13H13FN4/c1-2-3-7-13-12(9-15)16-17-18(13)11-6-4-5-10(14)8-11/h4-6,8H,2-3,7H2,1H3. The SMILES string of the molecule is CCCCc1c(C#N)nnn1-c1cccc(F)c1. The lowest BCUT2D eigenvalue weighted by atomic mass is 10.1. The van der Waals surface area contributed by atoms with Crippen molar-refractivity contribution in [2.45, 2.75) is 26.2 Å². The van der Waals surface area contributed by atoms with E-state index in [9.17, 15) is 4.39 Å². The van der Waals surface area contributed by atoms with Crippen LogP contribution in [0.2, 0.25) is 0 Å². The fraction of sp³-hybridized carbons (Fsp3) is 0.308. The lowest BCUT2D eigenvalue weighted by molar-refractivity contribution is 0.623. The van der Waals surface area contributed by atoms with E-state index in [4.69, 9.17) is 5.26 Å². The Morgan fingerprint density at radius 1 is 1.44 bits per heavy atom. The van der Waals surface area contributed by atoms with Gasteiger partial charge in [0, 0.05) is 0 Å². The molecule has 5 heteroatoms. The molecule has 0 amide bonds. The van der Waals surface area contributed by atoms with Crippen molar-refractivity contribution in [2.75, 3.05) is 0 Å². The second kappa shape index (κ2) is 5.41. The Morgan fingerprint density at radius 3 is 2.94 bits per heavy atom. The fourth-order valence-corrected chi connectivity index (χ4v) is 1.77. The van der Waals surface area contributed by atoms with Gasteiger partial charge in [0.15, 0.2) is 5.69 Å². The van der Waals surface area contributed by atoms with Crippen LogP contribution in [0, 0.1) is 17.1 Å². The van der Waals surface area contributed by atoms with Crippen molar-refractivity contribution in [2.24, 2.45) is 0 Å². The molecule has 0 saturated carbocycles. The first-order valence-electron chi connectivity index (χ1n) is 5.87. The van der Waals surface area contributed by atoms with E-state index in [1.54, 1.807) is 12.1 Å². The molecule has 0 N–H and O–H groups in total. The molecule has 2 rings (SSSR count). The number of hydrogen-bond donors (Lipinski definition) is 0. The van der Waals surface area contributed by atoms with Gasteiger partial charge < -0.3 is 0 Å². The summed E-state index contributed by atoms with van der Waals surface area (Å²) in [6.45, 7) is 2.07. The van der Waals surface area contributed by atoms with Crippen molar-refractivity contribution in [3.8, 4) is 11.8 Å². The summed E-state index contributed by atoms with van der Waals surface area (Å²) < 4.78 is 14.7. The van der Waals surface area contributed by atoms with Gasteiger partial charge in [-0.3, -0.25) is 0 Å². The molecule has 2 aromatic rings. The summed E-state index contributed by atoms with van der Waals surface area (Å²) in [5.74, 6) is -0.331. The number of halogens is 1. The molecule has 18 heavy (non-hydrogen) atoms. The lowest BCUT2D eigenvalue weighted by Gasteiger charge is -2.05. The van der Waals surface area contributed by atoms with Gasteiger partial charge in [0.25, 0.3) is 0 Å². The molecule has 0 unspecified atom stereocenters. The monoisotopic (exact) mass is 244 g/mol. The summed E-state index contributed by atoms with van der Waals surface area (Å²) in [7, 11) is 0. The highest BCUT2D eigenvalue weighted by Crippen LogP contribution is 2.15. The molecule has 0 atom stereocenters. The van der Waals surface area contributed by atoms with Crippen LogP contribution in [0.25, 0.3) is 5.69 Å². The van der Waals surface area contributed by atoms with Gasteiger partial charge in [0.2, 0.25) is 0 Å². The van der Waals surface area contributed by atoms with Gasteiger partial charge in [-0.15, -0.1) is 5.10 Å². The van der Waals surface area contributed by atoms with Crippen LogP contribution >= 0.6 is 0 Å². The van der Waals surface area contributed by atoms with E-state index in [1.165, 1.54) is 16.8 Å². The number of hydrogen-bond acceptors (Lipinski definition) is 3. The third kappa shape index (κ3) is 2.38. The zero-order valence-electron chi connectivity index (χ0n) is 10.1. The molecule has 92 valence electrons. The number of nitriles is 1. The molecule has 4 nitrogen and oxygen atoms in total. The lowest BCUT2D eigenvalue weighted by Crippen LogP contribution is -2.03. The maximum atomic E-state index is 13.2. The van der Waals surface area contributed by atoms with Crippen LogP contribution in [0.3, 0.4) is 0 Å². The van der Waals surface area contributed by atoms with Gasteiger partial charge in [-0.2, -0.15) is 5.26 Å². The highest BCUT2D eigenvalue weighted by molar-refractivity contribution is 5.36. The van der Waals surface area contributed by atoms with Crippen molar-refractivity contribution < 1.29 is 4.39 Å². The van der Waals surface area contributed by atoms with Crippen LogP contribution < -0.4 is 0 Å². The summed E-state index contributed by atoms with van der Waals surface area (Å²) in [4.78, 5) is 0. The molecular formula is C13H13FN4. The van der Waals surface area contributed by atoms with Crippen LogP contribution in [-0.2, 0) is 6.42 Å². The molecule has 1 aromatic carbocycles. The minimum atomic E-state index is -0.331. The Morgan fingerprint density at radius 2 is 2.28 bits per heavy atom. The number of rotatable bonds is 4. The fourth-order valence-electron chi connectivity index (χ4n) is 1.77. The van der Waals surface area contributed by atoms with Gasteiger partial charge in [0.1, 0.15) is 11.9 Å². The number of benzene rings is 1. The highest BCUT2D eigenvalue weighted by Gasteiger charge is 2.13. The third-order valence-electron chi connectivity index (χ3n) is 2.69. The normalized spacial score (nSPS) is 10.3. The van der Waals surface area contributed by atoms with E-state index in [2.05, 4.69) is 17.2 Å². The van der Waals surface area contributed by atoms with Crippen LogP contribution in [0.1, 0.15) is 31.2 Å². The molecular weight excluding hydrogens is 231 g/mol. The molecule has 0 bridgehead atoms. The van der Waals surface area contributed by atoms with Crippen molar-refractivity contribution in [1.29, 1.82) is 5.26 Å². The third-order valence-corrected chi connectivity index (χ3v) is 2.69. The van der Waals surface area contributed by atoms with E-state index in [-0.39, 0.29) is 5.82 Å². The first-order valence-corrected chi connectivity index (χ1v) is 5.87. The molecule has 0 fully saturated rings. The van der Waals surface area contributed by atoms with Crippen molar-refractivity contribution in [1.82, 2.24) is 15.0 Å². The Balaban J connectivity index is 2.44. The molecule has 0 spiro atoms. The largest absolute Gasteiger partial charge is 0.216 e. The van der Waals surface area contributed by atoms with Gasteiger partial charge in [0.05, 0.1) is 11.4 Å². The molecule has 1 aromatic heterocycles.